The molecule has 0 saturated carbocycles. The van der Waals surface area contributed by atoms with Gasteiger partial charge in [0.15, 0.2) is 0 Å². The van der Waals surface area contributed by atoms with E-state index in [1.165, 1.54) is 36.5 Å². The van der Waals surface area contributed by atoms with E-state index in [9.17, 15) is 22.8 Å². The molecule has 4 nitrogen and oxygen atoms in total. The lowest BCUT2D eigenvalue weighted by Crippen LogP contribution is -2.27. The quantitative estimate of drug-likeness (QED) is 0.606. The molecule has 1 heterocycles. The largest absolute Gasteiger partial charge is 0.418 e. The summed E-state index contributed by atoms with van der Waals surface area (Å²) >= 11 is 1.34. The zero-order chi connectivity index (χ0) is 22.3. The summed E-state index contributed by atoms with van der Waals surface area (Å²) < 4.78 is 39.9. The van der Waals surface area contributed by atoms with Crippen LogP contribution in [0.5, 0.6) is 0 Å². The lowest BCUT2D eigenvalue weighted by molar-refractivity contribution is -0.136. The summed E-state index contributed by atoms with van der Waals surface area (Å²) in [7, 11) is 0. The highest BCUT2D eigenvalue weighted by Crippen LogP contribution is 2.44. The zero-order valence-electron chi connectivity index (χ0n) is 17.4. The Morgan fingerprint density at radius 1 is 1.10 bits per heavy atom. The molecule has 0 spiro atoms. The lowest BCUT2D eigenvalue weighted by Gasteiger charge is -2.33. The van der Waals surface area contributed by atoms with Crippen molar-refractivity contribution in [3.05, 3.63) is 45.8 Å². The highest BCUT2D eigenvalue weighted by atomic mass is 32.1. The van der Waals surface area contributed by atoms with E-state index in [0.29, 0.717) is 17.3 Å². The molecule has 1 atom stereocenters. The average molecular weight is 439 g/mol. The number of para-hydroxylation sites is 1. The van der Waals surface area contributed by atoms with E-state index >= 15 is 0 Å². The van der Waals surface area contributed by atoms with Crippen LogP contribution in [0.2, 0.25) is 0 Å². The minimum absolute atomic E-state index is 0.101. The molecule has 30 heavy (non-hydrogen) atoms. The van der Waals surface area contributed by atoms with Gasteiger partial charge in [-0.25, -0.2) is 0 Å². The van der Waals surface area contributed by atoms with E-state index < -0.39 is 17.6 Å². The molecule has 0 radical (unpaired) electrons. The molecule has 3 rings (SSSR count). The third kappa shape index (κ3) is 4.69. The van der Waals surface area contributed by atoms with Gasteiger partial charge in [-0.2, -0.15) is 13.2 Å². The number of thiophene rings is 1. The van der Waals surface area contributed by atoms with Crippen molar-refractivity contribution in [1.82, 2.24) is 0 Å². The van der Waals surface area contributed by atoms with Crippen LogP contribution < -0.4 is 10.6 Å². The first-order valence-electron chi connectivity index (χ1n) is 9.77. The van der Waals surface area contributed by atoms with E-state index in [2.05, 4.69) is 31.4 Å². The van der Waals surface area contributed by atoms with Crippen molar-refractivity contribution in [1.29, 1.82) is 0 Å². The Balaban J connectivity index is 1.99. The Morgan fingerprint density at radius 3 is 2.37 bits per heavy atom. The summed E-state index contributed by atoms with van der Waals surface area (Å²) in [6.45, 7) is 7.86. The molecule has 2 N–H and O–H groups in total. The van der Waals surface area contributed by atoms with Crippen molar-refractivity contribution in [2.24, 2.45) is 11.3 Å². The maximum absolute atomic E-state index is 13.3. The van der Waals surface area contributed by atoms with Gasteiger partial charge in [-0.1, -0.05) is 32.9 Å². The molecule has 0 saturated heterocycles. The van der Waals surface area contributed by atoms with Gasteiger partial charge in [0, 0.05) is 11.8 Å². The van der Waals surface area contributed by atoms with Gasteiger partial charge in [0.25, 0.3) is 5.91 Å². The van der Waals surface area contributed by atoms with E-state index in [1.54, 1.807) is 0 Å². The number of carbonyl (C=O) groups is 2. The second kappa shape index (κ2) is 8.06. The van der Waals surface area contributed by atoms with Gasteiger partial charge in [-0.15, -0.1) is 11.3 Å². The standard InChI is InChI=1S/C22H25F3N2O2S/c1-12(28)26-20-18(14-10-9-13(21(2,3)4)11-17(14)30-20)19(29)27-16-8-6-5-7-15(16)22(23,24)25/h5-8,13H,9-11H2,1-4H3,(H,26,28)(H,27,29). The number of rotatable bonds is 3. The van der Waals surface area contributed by atoms with Gasteiger partial charge in [0.05, 0.1) is 16.8 Å². The Bertz CT molecular complexity index is 974. The molecule has 0 aliphatic heterocycles. The van der Waals surface area contributed by atoms with Crippen molar-refractivity contribution >= 4 is 33.8 Å². The molecule has 8 heteroatoms. The molecule has 0 bridgehead atoms. The number of halogens is 3. The van der Waals surface area contributed by atoms with Crippen LogP contribution in [0, 0.1) is 11.3 Å². The third-order valence-electron chi connectivity index (χ3n) is 5.49. The first-order valence-corrected chi connectivity index (χ1v) is 10.6. The van der Waals surface area contributed by atoms with E-state index in [0.717, 1.165) is 29.3 Å². The molecular weight excluding hydrogens is 413 g/mol. The van der Waals surface area contributed by atoms with Crippen molar-refractivity contribution in [2.75, 3.05) is 10.6 Å². The second-order valence-electron chi connectivity index (χ2n) is 8.69. The highest BCUT2D eigenvalue weighted by Gasteiger charge is 2.36. The highest BCUT2D eigenvalue weighted by molar-refractivity contribution is 7.17. The van der Waals surface area contributed by atoms with Crippen LogP contribution in [0.15, 0.2) is 24.3 Å². The van der Waals surface area contributed by atoms with Gasteiger partial charge in [-0.05, 0) is 48.3 Å². The average Bonchev–Trinajstić information content (AvgIpc) is 2.96. The van der Waals surface area contributed by atoms with Gasteiger partial charge in [0.1, 0.15) is 5.00 Å². The molecule has 162 valence electrons. The Labute approximate surface area is 177 Å². The number of hydrogen-bond acceptors (Lipinski definition) is 3. The molecule has 0 fully saturated rings. The first-order chi connectivity index (χ1) is 13.9. The summed E-state index contributed by atoms with van der Waals surface area (Å²) in [4.78, 5) is 25.8. The number of nitrogens with one attached hydrogen (secondary N) is 2. The SMILES string of the molecule is CC(=O)Nc1sc2c(c1C(=O)Nc1ccccc1C(F)(F)F)CCC(C(C)(C)C)C2. The normalized spacial score (nSPS) is 16.7. The number of benzene rings is 1. The summed E-state index contributed by atoms with van der Waals surface area (Å²) in [6, 6.07) is 4.88. The lowest BCUT2D eigenvalue weighted by atomic mass is 9.72. The number of anilines is 2. The second-order valence-corrected chi connectivity index (χ2v) is 9.80. The predicted octanol–water partition coefficient (Wildman–Crippen LogP) is 6.13. The molecular formula is C22H25F3N2O2S. The predicted molar refractivity (Wildman–Crippen MR) is 113 cm³/mol. The molecule has 1 aromatic heterocycles. The molecule has 1 aromatic carbocycles. The fourth-order valence-electron chi connectivity index (χ4n) is 3.84. The molecule has 2 aromatic rings. The van der Waals surface area contributed by atoms with Crippen molar-refractivity contribution in [3.63, 3.8) is 0 Å². The maximum atomic E-state index is 13.3. The van der Waals surface area contributed by atoms with Crippen molar-refractivity contribution in [2.45, 2.75) is 53.1 Å². The fourth-order valence-corrected chi connectivity index (χ4v) is 5.21. The van der Waals surface area contributed by atoms with Crippen LogP contribution in [0.25, 0.3) is 0 Å². The summed E-state index contributed by atoms with van der Waals surface area (Å²) in [6.07, 6.45) is -2.27. The van der Waals surface area contributed by atoms with Crippen molar-refractivity contribution in [3.8, 4) is 0 Å². The summed E-state index contributed by atoms with van der Waals surface area (Å²) in [5.41, 5.74) is -0.00611. The minimum atomic E-state index is -4.58. The molecule has 1 unspecified atom stereocenters. The van der Waals surface area contributed by atoms with Gasteiger partial charge in [-0.3, -0.25) is 9.59 Å². The number of fused-ring (bicyclic) bond motifs is 1. The minimum Gasteiger partial charge on any atom is -0.321 e. The Morgan fingerprint density at radius 2 is 1.77 bits per heavy atom. The first kappa shape index (κ1) is 22.3. The van der Waals surface area contributed by atoms with Crippen molar-refractivity contribution < 1.29 is 22.8 Å². The monoisotopic (exact) mass is 438 g/mol. The maximum Gasteiger partial charge on any atom is 0.418 e. The van der Waals surface area contributed by atoms with Crippen LogP contribution in [0.1, 0.15) is 60.5 Å². The number of amides is 2. The van der Waals surface area contributed by atoms with E-state index in [1.807, 2.05) is 0 Å². The third-order valence-corrected chi connectivity index (χ3v) is 6.66. The van der Waals surface area contributed by atoms with Gasteiger partial charge < -0.3 is 10.6 Å². The van der Waals surface area contributed by atoms with Gasteiger partial charge in [0.2, 0.25) is 5.91 Å². The van der Waals surface area contributed by atoms with Crippen LogP contribution in [-0.4, -0.2) is 11.8 Å². The molecule has 1 aliphatic carbocycles. The number of alkyl halides is 3. The number of carbonyl (C=O) groups excluding carboxylic acids is 2. The Hall–Kier alpha value is -2.35. The van der Waals surface area contributed by atoms with Crippen LogP contribution in [-0.2, 0) is 23.8 Å². The number of hydrogen-bond donors (Lipinski definition) is 2. The Kier molecular flexibility index (Phi) is 6.00. The van der Waals surface area contributed by atoms with Gasteiger partial charge >= 0.3 is 6.18 Å². The summed E-state index contributed by atoms with van der Waals surface area (Å²) in [5.74, 6) is -0.538. The smallest absolute Gasteiger partial charge is 0.321 e. The summed E-state index contributed by atoms with van der Waals surface area (Å²) in [5, 5.41) is 5.51. The molecule has 1 aliphatic rings. The van der Waals surface area contributed by atoms with E-state index in [-0.39, 0.29) is 22.6 Å². The van der Waals surface area contributed by atoms with Crippen LogP contribution in [0.4, 0.5) is 23.9 Å². The zero-order valence-corrected chi connectivity index (χ0v) is 18.2. The molecule has 2 amide bonds. The van der Waals surface area contributed by atoms with Crippen LogP contribution >= 0.6 is 11.3 Å². The topological polar surface area (TPSA) is 58.2 Å². The van der Waals surface area contributed by atoms with E-state index in [4.69, 9.17) is 0 Å². The fraction of sp³-hybridized carbons (Fsp3) is 0.455. The van der Waals surface area contributed by atoms with Crippen LogP contribution in [0.3, 0.4) is 0 Å².